The van der Waals surface area contributed by atoms with Gasteiger partial charge in [-0.05, 0) is 58.0 Å². The van der Waals surface area contributed by atoms with Crippen molar-refractivity contribution in [2.75, 3.05) is 0 Å². The molecule has 0 radical (unpaired) electrons. The van der Waals surface area contributed by atoms with Gasteiger partial charge in [0, 0.05) is 0 Å². The minimum atomic E-state index is 1.14. The molecule has 0 saturated carbocycles. The molecule has 0 amide bonds. The predicted octanol–water partition coefficient (Wildman–Crippen LogP) is 3.58. The van der Waals surface area contributed by atoms with Crippen LogP contribution in [-0.2, 0) is 27.2 Å². The number of aromatic nitrogens is 4. The maximum atomic E-state index is 2.38. The van der Waals surface area contributed by atoms with E-state index in [1.165, 1.54) is 52.1 Å². The molecule has 0 bridgehead atoms. The van der Waals surface area contributed by atoms with Gasteiger partial charge in [0.25, 0.3) is 0 Å². The average Bonchev–Trinajstić information content (AvgIpc) is 2.98. The van der Waals surface area contributed by atoms with Crippen LogP contribution in [0, 0.1) is 7.14 Å². The van der Waals surface area contributed by atoms with Gasteiger partial charge < -0.3 is 0 Å². The van der Waals surface area contributed by atoms with Gasteiger partial charge in [-0.1, -0.05) is 32.1 Å². The molecule has 2 aromatic rings. The third-order valence-corrected chi connectivity index (χ3v) is 5.36. The summed E-state index contributed by atoms with van der Waals surface area (Å²) in [6, 6.07) is 0. The van der Waals surface area contributed by atoms with E-state index in [1.807, 2.05) is 0 Å². The molecule has 0 N–H and O–H groups in total. The Balaban J connectivity index is 1.47. The van der Waals surface area contributed by atoms with Crippen molar-refractivity contribution in [3.63, 3.8) is 0 Å². The van der Waals surface area contributed by atoms with Gasteiger partial charge >= 0.3 is 0 Å². The van der Waals surface area contributed by atoms with Crippen LogP contribution in [0.5, 0.6) is 0 Å². The summed E-state index contributed by atoms with van der Waals surface area (Å²) in [5.74, 6) is 0. The zero-order chi connectivity index (χ0) is 16.7. The summed E-state index contributed by atoms with van der Waals surface area (Å²) in [7, 11) is 4.24. The Morgan fingerprint density at radius 1 is 0.696 bits per heavy atom. The summed E-state index contributed by atoms with van der Waals surface area (Å²) in [6.45, 7) is 2.28. The molecule has 23 heavy (non-hydrogen) atoms. The molecular formula is C17H28I2N4+2. The van der Waals surface area contributed by atoms with Gasteiger partial charge in [0.1, 0.15) is 7.14 Å². The van der Waals surface area contributed by atoms with Gasteiger partial charge in [-0.3, -0.25) is 0 Å². The molecule has 2 rings (SSSR count). The summed E-state index contributed by atoms with van der Waals surface area (Å²) < 4.78 is 11.6. The molecule has 0 aliphatic rings. The Bertz CT molecular complexity index is 552. The smallest absolute Gasteiger partial charge is 0.160 e. The van der Waals surface area contributed by atoms with Crippen molar-refractivity contribution in [1.82, 2.24) is 9.36 Å². The largest absolute Gasteiger partial charge is 0.208 e. The summed E-state index contributed by atoms with van der Waals surface area (Å²) in [4.78, 5) is 0. The molecule has 0 fully saturated rings. The zero-order valence-corrected chi connectivity index (χ0v) is 18.5. The first kappa shape index (κ1) is 19.2. The monoisotopic (exact) mass is 542 g/mol. The Labute approximate surface area is 167 Å². The van der Waals surface area contributed by atoms with Crippen LogP contribution in [0.2, 0.25) is 0 Å². The first-order chi connectivity index (χ1) is 11.1. The van der Waals surface area contributed by atoms with Crippen LogP contribution in [0.3, 0.4) is 0 Å². The van der Waals surface area contributed by atoms with Crippen LogP contribution in [0.1, 0.15) is 44.9 Å². The highest BCUT2D eigenvalue weighted by Crippen LogP contribution is 2.09. The van der Waals surface area contributed by atoms with Crippen molar-refractivity contribution in [3.05, 3.63) is 31.9 Å². The quantitative estimate of drug-likeness (QED) is 0.249. The fraction of sp³-hybridized carbons (Fsp3) is 0.647. The molecule has 6 heteroatoms. The Hall–Kier alpha value is -0.120. The number of hydrogen-bond acceptors (Lipinski definition) is 0. The zero-order valence-electron chi connectivity index (χ0n) is 14.2. The van der Waals surface area contributed by atoms with E-state index in [1.54, 1.807) is 0 Å². The molecule has 2 heterocycles. The lowest BCUT2D eigenvalue weighted by molar-refractivity contribution is -0.754. The van der Waals surface area contributed by atoms with E-state index in [9.17, 15) is 0 Å². The molecule has 0 unspecified atom stereocenters. The van der Waals surface area contributed by atoms with Crippen LogP contribution in [-0.4, -0.2) is 9.36 Å². The fourth-order valence-corrected chi connectivity index (χ4v) is 4.36. The number of unbranched alkanes of at least 4 members (excludes halogenated alkanes) is 6. The van der Waals surface area contributed by atoms with E-state index in [-0.39, 0.29) is 0 Å². The lowest BCUT2D eigenvalue weighted by atomic mass is 10.1. The number of aryl methyl sites for hydroxylation is 4. The normalized spacial score (nSPS) is 11.3. The minimum Gasteiger partial charge on any atom is -0.160 e. The highest BCUT2D eigenvalue weighted by molar-refractivity contribution is 14.1. The van der Waals surface area contributed by atoms with Crippen LogP contribution < -0.4 is 9.36 Å². The Kier molecular flexibility index (Phi) is 8.35. The molecule has 0 atom stereocenters. The van der Waals surface area contributed by atoms with Crippen molar-refractivity contribution in [2.45, 2.75) is 58.0 Å². The summed E-state index contributed by atoms with van der Waals surface area (Å²) in [5.41, 5.74) is 0. The topological polar surface area (TPSA) is 17.6 Å². The maximum absolute atomic E-state index is 2.38. The third-order valence-electron chi connectivity index (χ3n) is 4.25. The highest BCUT2D eigenvalue weighted by atomic mass is 127. The Morgan fingerprint density at radius 3 is 1.35 bits per heavy atom. The number of nitrogens with zero attached hydrogens (tertiary/aromatic N) is 4. The SMILES string of the molecule is C[n+]1cc(I)cn1CCCCCCCCCn1cc(I)c[n+]1C. The molecule has 0 spiro atoms. The van der Waals surface area contributed by atoms with Gasteiger partial charge in [0.15, 0.2) is 14.1 Å². The van der Waals surface area contributed by atoms with Gasteiger partial charge in [-0.25, -0.2) is 0 Å². The lowest BCUT2D eigenvalue weighted by Crippen LogP contribution is -2.37. The predicted molar refractivity (Wildman–Crippen MR) is 109 cm³/mol. The molecule has 0 aromatic carbocycles. The van der Waals surface area contributed by atoms with Crippen molar-refractivity contribution in [3.8, 4) is 0 Å². The molecule has 0 aliphatic carbocycles. The van der Waals surface area contributed by atoms with Crippen molar-refractivity contribution < 1.29 is 9.36 Å². The Morgan fingerprint density at radius 2 is 1.04 bits per heavy atom. The van der Waals surface area contributed by atoms with Gasteiger partial charge in [0.05, 0.1) is 25.5 Å². The fourth-order valence-electron chi connectivity index (χ4n) is 2.91. The van der Waals surface area contributed by atoms with E-state index >= 15 is 0 Å². The minimum absolute atomic E-state index is 1.14. The molecule has 0 saturated heterocycles. The van der Waals surface area contributed by atoms with Crippen molar-refractivity contribution >= 4 is 45.2 Å². The second kappa shape index (κ2) is 10.0. The van der Waals surface area contributed by atoms with E-state index in [0.717, 1.165) is 13.1 Å². The molecule has 128 valence electrons. The van der Waals surface area contributed by atoms with Crippen LogP contribution in [0.15, 0.2) is 24.8 Å². The number of hydrogen-bond donors (Lipinski definition) is 0. The molecular weight excluding hydrogens is 514 g/mol. The van der Waals surface area contributed by atoms with E-state index < -0.39 is 0 Å². The molecule has 0 aliphatic heterocycles. The third kappa shape index (κ3) is 6.72. The summed E-state index contributed by atoms with van der Waals surface area (Å²) >= 11 is 4.75. The summed E-state index contributed by atoms with van der Waals surface area (Å²) in [5, 5.41) is 0. The lowest BCUT2D eigenvalue weighted by Gasteiger charge is -2.03. The van der Waals surface area contributed by atoms with Crippen LogP contribution in [0.25, 0.3) is 0 Å². The van der Waals surface area contributed by atoms with Crippen LogP contribution in [0.4, 0.5) is 0 Å². The molecule has 4 nitrogen and oxygen atoms in total. The first-order valence-electron chi connectivity index (χ1n) is 8.49. The van der Waals surface area contributed by atoms with E-state index in [0.29, 0.717) is 0 Å². The molecule has 2 aromatic heterocycles. The highest BCUT2D eigenvalue weighted by Gasteiger charge is 2.07. The second-order valence-corrected chi connectivity index (χ2v) is 8.73. The van der Waals surface area contributed by atoms with E-state index in [4.69, 9.17) is 0 Å². The standard InChI is InChI=1S/C17H28I2N4/c1-20-12-16(18)14-22(20)10-8-6-4-3-5-7-9-11-23-15-17(19)13-21(23)2/h12-15H,3-11H2,1-2H3/q+2. The van der Waals surface area contributed by atoms with Crippen molar-refractivity contribution in [1.29, 1.82) is 0 Å². The van der Waals surface area contributed by atoms with E-state index in [2.05, 4.69) is 103 Å². The van der Waals surface area contributed by atoms with Gasteiger partial charge in [-0.15, -0.1) is 9.36 Å². The first-order valence-corrected chi connectivity index (χ1v) is 10.6. The van der Waals surface area contributed by atoms with Crippen LogP contribution >= 0.6 is 45.2 Å². The average molecular weight is 542 g/mol. The van der Waals surface area contributed by atoms with Crippen molar-refractivity contribution in [2.24, 2.45) is 14.1 Å². The number of halogens is 2. The maximum Gasteiger partial charge on any atom is 0.208 e. The number of rotatable bonds is 10. The summed E-state index contributed by atoms with van der Waals surface area (Å²) in [6.07, 6.45) is 18.2. The van der Waals surface area contributed by atoms with Gasteiger partial charge in [-0.2, -0.15) is 9.36 Å². The second-order valence-electron chi connectivity index (χ2n) is 6.23. The van der Waals surface area contributed by atoms with Gasteiger partial charge in [0.2, 0.25) is 12.4 Å².